The van der Waals surface area contributed by atoms with Crippen molar-refractivity contribution in [2.45, 2.75) is 12.6 Å². The number of aromatic amines is 1. The zero-order chi connectivity index (χ0) is 20.7. The van der Waals surface area contributed by atoms with Gasteiger partial charge in [-0.3, -0.25) is 9.59 Å². The van der Waals surface area contributed by atoms with Crippen molar-refractivity contribution >= 4 is 44.5 Å². The van der Waals surface area contributed by atoms with Crippen LogP contribution in [0.15, 0.2) is 52.0 Å². The Labute approximate surface area is 180 Å². The van der Waals surface area contributed by atoms with Crippen molar-refractivity contribution in [3.63, 3.8) is 0 Å². The lowest BCUT2D eigenvalue weighted by molar-refractivity contribution is -0.127. The number of thiophene rings is 2. The van der Waals surface area contributed by atoms with E-state index in [0.717, 1.165) is 16.1 Å². The summed E-state index contributed by atoms with van der Waals surface area (Å²) in [4.78, 5) is 36.5. The number of nitrogens with one attached hydrogen (secondary N) is 2. The van der Waals surface area contributed by atoms with Gasteiger partial charge in [-0.1, -0.05) is 18.2 Å². The Morgan fingerprint density at radius 2 is 2.17 bits per heavy atom. The average molecular weight is 439 g/mol. The highest BCUT2D eigenvalue weighted by molar-refractivity contribution is 7.18. The number of carbonyl (C=O) groups is 1. The zero-order valence-electron chi connectivity index (χ0n) is 16.0. The van der Waals surface area contributed by atoms with Crippen molar-refractivity contribution in [1.29, 1.82) is 0 Å². The molecule has 4 heterocycles. The monoisotopic (exact) mass is 438 g/mol. The summed E-state index contributed by atoms with van der Waals surface area (Å²) < 4.78 is 5.85. The van der Waals surface area contributed by atoms with Gasteiger partial charge in [0, 0.05) is 22.9 Å². The van der Waals surface area contributed by atoms with E-state index >= 15 is 0 Å². The summed E-state index contributed by atoms with van der Waals surface area (Å²) in [7, 11) is 1.59. The number of likely N-dealkylation sites (N-methyl/N-ethyl adjacent to an activating group) is 1. The van der Waals surface area contributed by atoms with Crippen molar-refractivity contribution in [2.75, 3.05) is 18.5 Å². The largest absolute Gasteiger partial charge is 0.477 e. The molecule has 0 radical (unpaired) electrons. The number of benzene rings is 1. The Morgan fingerprint density at radius 1 is 1.30 bits per heavy atom. The van der Waals surface area contributed by atoms with Gasteiger partial charge in [0.1, 0.15) is 16.4 Å². The summed E-state index contributed by atoms with van der Waals surface area (Å²) in [6, 6.07) is 11.5. The second kappa shape index (κ2) is 7.58. The molecule has 0 unspecified atom stereocenters. The van der Waals surface area contributed by atoms with E-state index in [0.29, 0.717) is 34.9 Å². The molecular weight excluding hydrogens is 420 g/mol. The third-order valence-electron chi connectivity index (χ3n) is 5.02. The Hall–Kier alpha value is -3.17. The molecule has 1 aliphatic rings. The molecule has 0 bridgehead atoms. The van der Waals surface area contributed by atoms with Crippen LogP contribution in [-0.4, -0.2) is 35.6 Å². The molecule has 5 rings (SSSR count). The van der Waals surface area contributed by atoms with Crippen molar-refractivity contribution in [3.05, 3.63) is 63.3 Å². The second-order valence-corrected chi connectivity index (χ2v) is 8.69. The molecule has 1 aromatic carbocycles. The molecule has 1 amide bonds. The van der Waals surface area contributed by atoms with E-state index in [1.54, 1.807) is 18.4 Å². The first-order chi connectivity index (χ1) is 14.6. The van der Waals surface area contributed by atoms with Crippen LogP contribution in [0.25, 0.3) is 20.7 Å². The number of nitrogens with zero attached hydrogens (tertiary/aromatic N) is 2. The molecule has 2 N–H and O–H groups in total. The first kappa shape index (κ1) is 18.8. The van der Waals surface area contributed by atoms with Gasteiger partial charge in [0.2, 0.25) is 0 Å². The van der Waals surface area contributed by atoms with Gasteiger partial charge in [0.05, 0.1) is 24.2 Å². The van der Waals surface area contributed by atoms with Crippen LogP contribution in [-0.2, 0) is 11.3 Å². The molecule has 1 aliphatic heterocycles. The maximum absolute atomic E-state index is 12.9. The number of hydrogen-bond acceptors (Lipinski definition) is 7. The van der Waals surface area contributed by atoms with Crippen molar-refractivity contribution < 1.29 is 9.53 Å². The van der Waals surface area contributed by atoms with Gasteiger partial charge >= 0.3 is 0 Å². The molecule has 1 atom stereocenters. The predicted molar refractivity (Wildman–Crippen MR) is 120 cm³/mol. The number of carbonyl (C=O) groups excluding carboxylic acids is 1. The fourth-order valence-electron chi connectivity index (χ4n) is 3.62. The molecule has 152 valence electrons. The molecule has 0 saturated carbocycles. The van der Waals surface area contributed by atoms with E-state index < -0.39 is 6.10 Å². The standard InChI is InChI=1S/C21H18N4O3S2/c1-22-19(26)15-9-25(13-5-2-3-6-14(13)28-15)10-17-23-20(27)18-12(11-30-21(18)24-17)16-7-4-8-29-16/h2-8,11,15H,9-10H2,1H3,(H,22,26)(H,23,24,27)/t15-/m1/s1. The second-order valence-electron chi connectivity index (χ2n) is 6.89. The Morgan fingerprint density at radius 3 is 2.97 bits per heavy atom. The van der Waals surface area contributed by atoms with Gasteiger partial charge < -0.3 is 19.9 Å². The topological polar surface area (TPSA) is 87.3 Å². The number of rotatable bonds is 4. The van der Waals surface area contributed by atoms with Gasteiger partial charge in [-0.25, -0.2) is 4.98 Å². The molecule has 0 aliphatic carbocycles. The number of H-pyrrole nitrogens is 1. The number of aromatic nitrogens is 2. The van der Waals surface area contributed by atoms with E-state index in [9.17, 15) is 9.59 Å². The highest BCUT2D eigenvalue weighted by Gasteiger charge is 2.30. The van der Waals surface area contributed by atoms with Crippen LogP contribution in [0.4, 0.5) is 5.69 Å². The van der Waals surface area contributed by atoms with Crippen LogP contribution in [0.3, 0.4) is 0 Å². The molecule has 9 heteroatoms. The summed E-state index contributed by atoms with van der Waals surface area (Å²) in [5, 5.41) is 7.23. The van der Waals surface area contributed by atoms with E-state index in [2.05, 4.69) is 10.3 Å². The fourth-order valence-corrected chi connectivity index (χ4v) is 5.40. The number of fused-ring (bicyclic) bond motifs is 2. The van der Waals surface area contributed by atoms with E-state index in [1.165, 1.54) is 11.3 Å². The van der Waals surface area contributed by atoms with Crippen LogP contribution in [0.5, 0.6) is 5.75 Å². The van der Waals surface area contributed by atoms with Gasteiger partial charge in [0.25, 0.3) is 11.5 Å². The molecule has 7 nitrogen and oxygen atoms in total. The highest BCUT2D eigenvalue weighted by Crippen LogP contribution is 2.35. The zero-order valence-corrected chi connectivity index (χ0v) is 17.7. The number of anilines is 1. The molecule has 3 aromatic heterocycles. The lowest BCUT2D eigenvalue weighted by atomic mass is 10.1. The number of ether oxygens (including phenoxy) is 1. The number of amides is 1. The SMILES string of the molecule is CNC(=O)[C@H]1CN(Cc2nc3scc(-c4cccs4)c3c(=O)[nH]2)c2ccccc2O1. The Bertz CT molecular complexity index is 1280. The first-order valence-electron chi connectivity index (χ1n) is 9.40. The molecule has 0 spiro atoms. The van der Waals surface area contributed by atoms with E-state index in [-0.39, 0.29) is 11.5 Å². The van der Waals surface area contributed by atoms with Crippen molar-refractivity contribution in [1.82, 2.24) is 15.3 Å². The molecule has 30 heavy (non-hydrogen) atoms. The van der Waals surface area contributed by atoms with Gasteiger partial charge in [-0.05, 0) is 23.6 Å². The van der Waals surface area contributed by atoms with E-state index in [1.807, 2.05) is 52.1 Å². The van der Waals surface area contributed by atoms with Gasteiger partial charge in [-0.15, -0.1) is 22.7 Å². The summed E-state index contributed by atoms with van der Waals surface area (Å²) in [5.74, 6) is 1.00. The Balaban J connectivity index is 1.51. The lowest BCUT2D eigenvalue weighted by Crippen LogP contribution is -2.48. The summed E-state index contributed by atoms with van der Waals surface area (Å²) >= 11 is 3.07. The number of hydrogen-bond donors (Lipinski definition) is 2. The minimum absolute atomic E-state index is 0.149. The van der Waals surface area contributed by atoms with Crippen LogP contribution in [0.2, 0.25) is 0 Å². The first-order valence-corrected chi connectivity index (χ1v) is 11.2. The van der Waals surface area contributed by atoms with Crippen molar-refractivity contribution in [2.24, 2.45) is 0 Å². The summed E-state index contributed by atoms with van der Waals surface area (Å²) in [6.45, 7) is 0.731. The smallest absolute Gasteiger partial charge is 0.262 e. The van der Waals surface area contributed by atoms with Crippen LogP contribution < -0.4 is 20.5 Å². The van der Waals surface area contributed by atoms with Crippen LogP contribution >= 0.6 is 22.7 Å². The van der Waals surface area contributed by atoms with Gasteiger partial charge in [-0.2, -0.15) is 0 Å². The fraction of sp³-hybridized carbons (Fsp3) is 0.190. The number of para-hydroxylation sites is 2. The molecular formula is C21H18N4O3S2. The predicted octanol–water partition coefficient (Wildman–Crippen LogP) is 3.23. The summed E-state index contributed by atoms with van der Waals surface area (Å²) in [5.41, 5.74) is 1.64. The summed E-state index contributed by atoms with van der Waals surface area (Å²) in [6.07, 6.45) is -0.632. The maximum atomic E-state index is 12.9. The maximum Gasteiger partial charge on any atom is 0.262 e. The lowest BCUT2D eigenvalue weighted by Gasteiger charge is -2.35. The molecule has 0 saturated heterocycles. The van der Waals surface area contributed by atoms with Gasteiger partial charge in [0.15, 0.2) is 6.10 Å². The van der Waals surface area contributed by atoms with Crippen LogP contribution in [0.1, 0.15) is 5.82 Å². The minimum atomic E-state index is -0.632. The Kier molecular flexibility index (Phi) is 4.76. The normalized spacial score (nSPS) is 15.6. The minimum Gasteiger partial charge on any atom is -0.477 e. The third-order valence-corrected chi connectivity index (χ3v) is 6.80. The van der Waals surface area contributed by atoms with Crippen molar-refractivity contribution in [3.8, 4) is 16.2 Å². The molecule has 0 fully saturated rings. The third kappa shape index (κ3) is 3.25. The van der Waals surface area contributed by atoms with E-state index in [4.69, 9.17) is 9.72 Å². The molecule has 4 aromatic rings. The highest BCUT2D eigenvalue weighted by atomic mass is 32.1. The average Bonchev–Trinajstić information content (AvgIpc) is 3.43. The quantitative estimate of drug-likeness (QED) is 0.511. The van der Waals surface area contributed by atoms with Crippen LogP contribution in [0, 0.1) is 0 Å².